The first-order valence-electron chi connectivity index (χ1n) is 1.78. The highest BCUT2D eigenvalue weighted by atomic mass is 31.1. The molecule has 0 aliphatic heterocycles. The summed E-state index contributed by atoms with van der Waals surface area (Å²) in [6.45, 7) is 3.29. The molecule has 0 rings (SSSR count). The van der Waals surface area contributed by atoms with Gasteiger partial charge in [-0.2, -0.15) is 0 Å². The molecule has 36 valence electrons. The summed E-state index contributed by atoms with van der Waals surface area (Å²) in [5.74, 6) is 0. The average Bonchev–Trinajstić information content (AvgIpc) is 1.36. The number of hydrogen-bond donors (Lipinski definition) is 0. The van der Waals surface area contributed by atoms with Crippen LogP contribution in [0.1, 0.15) is 13.8 Å². The van der Waals surface area contributed by atoms with Gasteiger partial charge in [-0.15, -0.1) is 0 Å². The Kier molecular flexibility index (Phi) is 2.11. The van der Waals surface area contributed by atoms with E-state index >= 15 is 0 Å². The second kappa shape index (κ2) is 2.14. The molecule has 2 nitrogen and oxygen atoms in total. The summed E-state index contributed by atoms with van der Waals surface area (Å²) in [6.07, 6.45) is 0. The fourth-order valence-corrected chi connectivity index (χ4v) is 0. The van der Waals surface area contributed by atoms with Gasteiger partial charge in [-0.05, 0) is 13.8 Å². The Labute approximate surface area is 37.4 Å². The lowest BCUT2D eigenvalue weighted by Crippen LogP contribution is -1.76. The van der Waals surface area contributed by atoms with E-state index in [1.165, 1.54) is 0 Å². The van der Waals surface area contributed by atoms with E-state index in [4.69, 9.17) is 0 Å². The highest BCUT2D eigenvalue weighted by Gasteiger charge is 1.94. The Morgan fingerprint density at radius 2 is 1.50 bits per heavy atom. The molecule has 0 saturated heterocycles. The normalized spacial score (nSPS) is 9.17. The lowest BCUT2D eigenvalue weighted by atomic mass is 10.6. The van der Waals surface area contributed by atoms with Gasteiger partial charge in [0.1, 0.15) is 0 Å². The molecule has 6 heavy (non-hydrogen) atoms. The summed E-state index contributed by atoms with van der Waals surface area (Å²) in [7, 11) is -2.16. The molecule has 0 heterocycles. The van der Waals surface area contributed by atoms with E-state index in [0.29, 0.717) is 0 Å². The third-order valence-corrected chi connectivity index (χ3v) is 1.26. The van der Waals surface area contributed by atoms with Gasteiger partial charge < -0.3 is 0 Å². The zero-order chi connectivity index (χ0) is 5.15. The van der Waals surface area contributed by atoms with E-state index in [1.54, 1.807) is 13.8 Å². The molecule has 0 atom stereocenters. The van der Waals surface area contributed by atoms with Crippen molar-refractivity contribution in [2.24, 2.45) is 0 Å². The van der Waals surface area contributed by atoms with E-state index in [9.17, 15) is 9.13 Å². The maximum Gasteiger partial charge on any atom is 0.318 e. The SMILES string of the molecule is CC(C)P(=O)=O. The van der Waals surface area contributed by atoms with E-state index in [0.717, 1.165) is 0 Å². The van der Waals surface area contributed by atoms with Gasteiger partial charge >= 0.3 is 7.68 Å². The van der Waals surface area contributed by atoms with Crippen LogP contribution in [0, 0.1) is 0 Å². The van der Waals surface area contributed by atoms with Crippen LogP contribution >= 0.6 is 7.68 Å². The zero-order valence-corrected chi connectivity index (χ0v) is 4.74. The van der Waals surface area contributed by atoms with Gasteiger partial charge in [-0.1, -0.05) is 0 Å². The first-order chi connectivity index (χ1) is 2.64. The topological polar surface area (TPSA) is 34.1 Å². The van der Waals surface area contributed by atoms with Crippen molar-refractivity contribution in [2.45, 2.75) is 19.5 Å². The van der Waals surface area contributed by atoms with Crippen LogP contribution in [0.2, 0.25) is 0 Å². The van der Waals surface area contributed by atoms with Gasteiger partial charge in [0.25, 0.3) is 0 Å². The molecule has 0 saturated carbocycles. The van der Waals surface area contributed by atoms with Crippen molar-refractivity contribution in [3.05, 3.63) is 0 Å². The van der Waals surface area contributed by atoms with Crippen LogP contribution in [0.25, 0.3) is 0 Å². The monoisotopic (exact) mass is 106 g/mol. The van der Waals surface area contributed by atoms with E-state index in [-0.39, 0.29) is 5.66 Å². The Balaban J connectivity index is 3.57. The molecule has 0 unspecified atom stereocenters. The highest BCUT2D eigenvalue weighted by Crippen LogP contribution is 2.10. The molecule has 3 heteroatoms. The fraction of sp³-hybridized carbons (Fsp3) is 1.00. The molecular weight excluding hydrogens is 99.0 g/mol. The third-order valence-electron chi connectivity index (χ3n) is 0.422. The van der Waals surface area contributed by atoms with E-state index in [2.05, 4.69) is 0 Å². The van der Waals surface area contributed by atoms with Gasteiger partial charge in [0, 0.05) is 0 Å². The first-order valence-corrected chi connectivity index (χ1v) is 3.02. The lowest BCUT2D eigenvalue weighted by Gasteiger charge is -1.78. The molecule has 0 fully saturated rings. The second-order valence-electron chi connectivity index (χ2n) is 1.38. The summed E-state index contributed by atoms with van der Waals surface area (Å²) in [4.78, 5) is 0. The van der Waals surface area contributed by atoms with Crippen molar-refractivity contribution in [1.29, 1.82) is 0 Å². The van der Waals surface area contributed by atoms with Crippen LogP contribution in [-0.2, 0) is 9.13 Å². The standard InChI is InChI=1S/C3H7O2P/c1-3(2)6(4)5/h3H,1-2H3. The van der Waals surface area contributed by atoms with Gasteiger partial charge in [0.2, 0.25) is 0 Å². The Bertz CT molecular complexity index is 85.0. The van der Waals surface area contributed by atoms with Crippen LogP contribution in [0.4, 0.5) is 0 Å². The minimum absolute atomic E-state index is 0.194. The Morgan fingerprint density at radius 3 is 1.50 bits per heavy atom. The highest BCUT2D eigenvalue weighted by molar-refractivity contribution is 7.31. The second-order valence-corrected chi connectivity index (χ2v) is 2.98. The van der Waals surface area contributed by atoms with E-state index < -0.39 is 7.68 Å². The molecule has 0 bridgehead atoms. The van der Waals surface area contributed by atoms with Crippen molar-refractivity contribution in [3.8, 4) is 0 Å². The summed E-state index contributed by atoms with van der Waals surface area (Å²) in [5, 5.41) is 0. The van der Waals surface area contributed by atoms with Crippen molar-refractivity contribution >= 4 is 7.68 Å². The number of hydrogen-bond acceptors (Lipinski definition) is 2. The summed E-state index contributed by atoms with van der Waals surface area (Å²) >= 11 is 0. The molecule has 0 amide bonds. The van der Waals surface area contributed by atoms with Crippen molar-refractivity contribution in [2.75, 3.05) is 0 Å². The smallest absolute Gasteiger partial charge is 0.237 e. The number of rotatable bonds is 1. The van der Waals surface area contributed by atoms with Crippen molar-refractivity contribution < 1.29 is 9.13 Å². The van der Waals surface area contributed by atoms with E-state index in [1.807, 2.05) is 0 Å². The zero-order valence-electron chi connectivity index (χ0n) is 3.84. The molecule has 0 aliphatic carbocycles. The van der Waals surface area contributed by atoms with Crippen LogP contribution in [0.15, 0.2) is 0 Å². The quantitative estimate of drug-likeness (QED) is 0.475. The molecule has 0 aromatic rings. The molecule has 0 aliphatic rings. The molecule has 0 N–H and O–H groups in total. The Hall–Kier alpha value is -0.100. The van der Waals surface area contributed by atoms with Crippen LogP contribution in [0.3, 0.4) is 0 Å². The van der Waals surface area contributed by atoms with Gasteiger partial charge in [-0.25, -0.2) is 9.13 Å². The summed E-state index contributed by atoms with van der Waals surface area (Å²) < 4.78 is 19.5. The third kappa shape index (κ3) is 2.16. The van der Waals surface area contributed by atoms with Gasteiger partial charge in [0.05, 0.1) is 5.66 Å². The minimum Gasteiger partial charge on any atom is -0.237 e. The van der Waals surface area contributed by atoms with Gasteiger partial charge in [-0.3, -0.25) is 0 Å². The lowest BCUT2D eigenvalue weighted by molar-refractivity contribution is 0.509. The fourth-order valence-electron chi connectivity index (χ4n) is 0. The maximum atomic E-state index is 9.74. The van der Waals surface area contributed by atoms with Crippen molar-refractivity contribution in [1.82, 2.24) is 0 Å². The predicted octanol–water partition coefficient (Wildman–Crippen LogP) is 1.57. The average molecular weight is 106 g/mol. The molecule has 0 aromatic heterocycles. The molecule has 0 aromatic carbocycles. The summed E-state index contributed by atoms with van der Waals surface area (Å²) in [6, 6.07) is 0. The van der Waals surface area contributed by atoms with Crippen LogP contribution in [0.5, 0.6) is 0 Å². The molecule has 0 radical (unpaired) electrons. The molecule has 0 spiro atoms. The molecular formula is C3H7O2P. The van der Waals surface area contributed by atoms with Crippen LogP contribution < -0.4 is 0 Å². The maximum absolute atomic E-state index is 9.74. The predicted molar refractivity (Wildman–Crippen MR) is 23.4 cm³/mol. The van der Waals surface area contributed by atoms with Crippen LogP contribution in [-0.4, -0.2) is 5.66 Å². The van der Waals surface area contributed by atoms with Gasteiger partial charge in [0.15, 0.2) is 0 Å². The summed E-state index contributed by atoms with van der Waals surface area (Å²) in [5.41, 5.74) is -0.194. The minimum atomic E-state index is -2.16. The van der Waals surface area contributed by atoms with Crippen molar-refractivity contribution in [3.63, 3.8) is 0 Å². The first kappa shape index (κ1) is 5.90. The largest absolute Gasteiger partial charge is 0.318 e. The Morgan fingerprint density at radius 1 is 1.33 bits per heavy atom.